The van der Waals surface area contributed by atoms with Gasteiger partial charge in [-0.1, -0.05) is 35.3 Å². The van der Waals surface area contributed by atoms with E-state index in [2.05, 4.69) is 5.32 Å². The molecule has 140 valence electrons. The van der Waals surface area contributed by atoms with Crippen molar-refractivity contribution < 1.29 is 13.2 Å². The molecule has 0 spiro atoms. The second-order valence-corrected chi connectivity index (χ2v) is 7.43. The van der Waals surface area contributed by atoms with E-state index in [0.29, 0.717) is 15.7 Å². The van der Waals surface area contributed by atoms with E-state index in [0.717, 1.165) is 27.3 Å². The lowest BCUT2D eigenvalue weighted by molar-refractivity contribution is -0.120. The lowest BCUT2D eigenvalue weighted by atomic mass is 9.99. The number of rotatable bonds is 2. The quantitative estimate of drug-likeness (QED) is 0.755. The average molecular weight is 411 g/mol. The van der Waals surface area contributed by atoms with E-state index in [9.17, 15) is 13.2 Å². The van der Waals surface area contributed by atoms with E-state index < -0.39 is 18.8 Å². The molecule has 1 unspecified atom stereocenters. The number of nitrogens with zero attached hydrogens (tertiary/aromatic N) is 1. The lowest BCUT2D eigenvalue weighted by Crippen LogP contribution is -2.37. The predicted molar refractivity (Wildman–Crippen MR) is 104 cm³/mol. The van der Waals surface area contributed by atoms with Gasteiger partial charge in [0, 0.05) is 33.0 Å². The lowest BCUT2D eigenvalue weighted by Gasteiger charge is -2.30. The minimum atomic E-state index is -4.34. The Morgan fingerprint density at radius 1 is 1.04 bits per heavy atom. The van der Waals surface area contributed by atoms with E-state index in [1.807, 2.05) is 6.92 Å². The maximum Gasteiger partial charge on any atom is 0.405 e. The van der Waals surface area contributed by atoms with Crippen LogP contribution >= 0.6 is 23.2 Å². The van der Waals surface area contributed by atoms with Gasteiger partial charge in [-0.2, -0.15) is 13.2 Å². The predicted octanol–water partition coefficient (Wildman–Crippen LogP) is 4.92. The van der Waals surface area contributed by atoms with Gasteiger partial charge < -0.3 is 10.2 Å². The summed E-state index contributed by atoms with van der Waals surface area (Å²) in [5.74, 6) is 0. The Kier molecular flexibility index (Phi) is 4.40. The van der Waals surface area contributed by atoms with Crippen molar-refractivity contribution >= 4 is 45.2 Å². The van der Waals surface area contributed by atoms with E-state index >= 15 is 0 Å². The van der Waals surface area contributed by atoms with Crippen LogP contribution in [0.5, 0.6) is 0 Å². The van der Waals surface area contributed by atoms with Crippen LogP contribution < -0.4 is 20.7 Å². The summed E-state index contributed by atoms with van der Waals surface area (Å²) in [4.78, 5) is 1.39. The van der Waals surface area contributed by atoms with Gasteiger partial charge in [-0.25, -0.2) is 0 Å². The molecule has 0 saturated heterocycles. The monoisotopic (exact) mass is 410 g/mol. The number of nitrogens with one attached hydrogen (secondary N) is 1. The number of hydrogen-bond donors (Lipinski definition) is 1. The van der Waals surface area contributed by atoms with Crippen molar-refractivity contribution in [1.82, 2.24) is 0 Å². The van der Waals surface area contributed by atoms with E-state index in [4.69, 9.17) is 23.2 Å². The highest BCUT2D eigenvalue weighted by Crippen LogP contribution is 2.39. The Balaban J connectivity index is 2.00. The van der Waals surface area contributed by atoms with Gasteiger partial charge in [0.05, 0.1) is 11.1 Å². The number of alkyl halides is 3. The van der Waals surface area contributed by atoms with Crippen LogP contribution in [-0.2, 0) is 0 Å². The zero-order chi connectivity index (χ0) is 19.3. The largest absolute Gasteiger partial charge is 0.405 e. The highest BCUT2D eigenvalue weighted by Gasteiger charge is 2.39. The Labute approximate surface area is 164 Å². The Morgan fingerprint density at radius 2 is 1.74 bits per heavy atom. The Bertz CT molecular complexity index is 1060. The van der Waals surface area contributed by atoms with E-state index in [1.54, 1.807) is 48.7 Å². The number of fused-ring (bicyclic) bond motifs is 3. The molecule has 7 heteroatoms. The van der Waals surface area contributed by atoms with E-state index in [-0.39, 0.29) is 0 Å². The molecule has 0 amide bonds. The summed E-state index contributed by atoms with van der Waals surface area (Å²) in [6.07, 6.45) is -0.916. The highest BCUT2D eigenvalue weighted by molar-refractivity contribution is 6.47. The molecule has 2 aromatic rings. The minimum absolute atomic E-state index is 0.503. The summed E-state index contributed by atoms with van der Waals surface area (Å²) in [6.45, 7) is 0.807. The third-order valence-electron chi connectivity index (χ3n) is 4.85. The first-order chi connectivity index (χ1) is 12.8. The van der Waals surface area contributed by atoms with E-state index in [1.165, 1.54) is 4.90 Å². The second-order valence-electron chi connectivity index (χ2n) is 6.59. The molecule has 1 atom stereocenters. The number of halogens is 5. The highest BCUT2D eigenvalue weighted by atomic mass is 35.5. The van der Waals surface area contributed by atoms with Crippen molar-refractivity contribution in [2.75, 3.05) is 16.8 Å². The van der Waals surface area contributed by atoms with Crippen LogP contribution in [0.3, 0.4) is 0 Å². The average Bonchev–Trinajstić information content (AvgIpc) is 2.87. The van der Waals surface area contributed by atoms with Gasteiger partial charge in [-0.3, -0.25) is 0 Å². The first kappa shape index (κ1) is 18.3. The van der Waals surface area contributed by atoms with Crippen LogP contribution in [0, 0.1) is 0 Å². The fourth-order valence-electron chi connectivity index (χ4n) is 3.84. The fraction of sp³-hybridized carbons (Fsp3) is 0.200. The number of anilines is 2. The zero-order valence-electron chi connectivity index (χ0n) is 14.2. The van der Waals surface area contributed by atoms with Gasteiger partial charge in [0.2, 0.25) is 0 Å². The molecule has 4 rings (SSSR count). The summed E-state index contributed by atoms with van der Waals surface area (Å²) < 4.78 is 40.1. The molecular weight excluding hydrogens is 396 g/mol. The molecule has 0 aromatic heterocycles. The molecule has 0 saturated carbocycles. The molecule has 0 bridgehead atoms. The number of allylic oxidation sites excluding steroid dienone is 1. The van der Waals surface area contributed by atoms with Crippen LogP contribution in [-0.4, -0.2) is 12.7 Å². The van der Waals surface area contributed by atoms with Crippen molar-refractivity contribution in [3.05, 3.63) is 69.7 Å². The summed E-state index contributed by atoms with van der Waals surface area (Å²) in [7, 11) is 0. The standard InChI is InChI=1S/C20H15Cl2F3N2/c1-11-17-16(7-6-15-18(17)14(22)8-9-26-15)27(10-20(23,24)25)19(11)12-2-4-13(21)5-3-12/h2-9,19,26H,10H2,1H3. The van der Waals surface area contributed by atoms with Gasteiger partial charge in [-0.05, 0) is 48.4 Å². The molecule has 2 aromatic carbocycles. The van der Waals surface area contributed by atoms with Crippen molar-refractivity contribution in [1.29, 1.82) is 0 Å². The summed E-state index contributed by atoms with van der Waals surface area (Å²) >= 11 is 12.4. The smallest absolute Gasteiger partial charge is 0.361 e. The van der Waals surface area contributed by atoms with Crippen LogP contribution in [0.4, 0.5) is 24.5 Å². The maximum absolute atomic E-state index is 13.4. The van der Waals surface area contributed by atoms with Crippen molar-refractivity contribution in [2.45, 2.75) is 19.1 Å². The normalized spacial score (nSPS) is 18.4. The molecular formula is C20H15Cl2F3N2. The molecule has 2 nitrogen and oxygen atoms in total. The molecule has 27 heavy (non-hydrogen) atoms. The first-order valence-corrected chi connectivity index (χ1v) is 9.07. The topological polar surface area (TPSA) is 15.3 Å². The van der Waals surface area contributed by atoms with Gasteiger partial charge in [0.15, 0.2) is 0 Å². The van der Waals surface area contributed by atoms with Gasteiger partial charge in [-0.15, -0.1) is 0 Å². The van der Waals surface area contributed by atoms with Crippen LogP contribution in [0.15, 0.2) is 48.7 Å². The summed E-state index contributed by atoms with van der Waals surface area (Å²) in [5.41, 5.74) is 2.88. The van der Waals surface area contributed by atoms with Crippen molar-refractivity contribution in [3.8, 4) is 0 Å². The van der Waals surface area contributed by atoms with Gasteiger partial charge in [0.25, 0.3) is 0 Å². The zero-order valence-corrected chi connectivity index (χ0v) is 15.8. The van der Waals surface area contributed by atoms with Crippen LogP contribution in [0.1, 0.15) is 18.5 Å². The van der Waals surface area contributed by atoms with Gasteiger partial charge >= 0.3 is 6.18 Å². The Morgan fingerprint density at radius 3 is 2.41 bits per heavy atom. The SMILES string of the molecule is CC1=c2c(ccc3c2=C(Cl)C=CN3)N(CC(F)(F)F)C1c1ccc(Cl)cc1. The molecule has 2 aliphatic heterocycles. The molecule has 0 radical (unpaired) electrons. The maximum atomic E-state index is 13.4. The third-order valence-corrected chi connectivity index (χ3v) is 5.42. The second kappa shape index (κ2) is 6.50. The Hall–Kier alpha value is -2.11. The summed E-state index contributed by atoms with van der Waals surface area (Å²) in [6, 6.07) is 9.86. The molecule has 0 fully saturated rings. The van der Waals surface area contributed by atoms with Gasteiger partial charge in [0.1, 0.15) is 6.54 Å². The first-order valence-electron chi connectivity index (χ1n) is 8.32. The minimum Gasteiger partial charge on any atom is -0.361 e. The van der Waals surface area contributed by atoms with Crippen molar-refractivity contribution in [2.24, 2.45) is 0 Å². The molecule has 0 aliphatic carbocycles. The molecule has 2 heterocycles. The van der Waals surface area contributed by atoms with Crippen LogP contribution in [0.25, 0.3) is 10.6 Å². The van der Waals surface area contributed by atoms with Crippen molar-refractivity contribution in [3.63, 3.8) is 0 Å². The third kappa shape index (κ3) is 3.19. The fourth-order valence-corrected chi connectivity index (χ4v) is 4.23. The van der Waals surface area contributed by atoms with Crippen LogP contribution in [0.2, 0.25) is 5.02 Å². The summed E-state index contributed by atoms with van der Waals surface area (Å²) in [5, 5.41) is 5.64. The number of hydrogen-bond acceptors (Lipinski definition) is 2. The molecule has 1 N–H and O–H groups in total. The molecule has 2 aliphatic rings. The number of benzene rings is 2.